The van der Waals surface area contributed by atoms with Gasteiger partial charge < -0.3 is 24.2 Å². The number of piperazine rings is 1. The zero-order chi connectivity index (χ0) is 29.4. The summed E-state index contributed by atoms with van der Waals surface area (Å²) in [5.74, 6) is 1.79. The molecule has 2 atom stereocenters. The first kappa shape index (κ1) is 27.7. The van der Waals surface area contributed by atoms with Crippen LogP contribution in [-0.4, -0.2) is 87.8 Å². The normalized spacial score (nSPS) is 20.8. The van der Waals surface area contributed by atoms with E-state index in [0.717, 1.165) is 64.1 Å². The van der Waals surface area contributed by atoms with Gasteiger partial charge in [-0.15, -0.1) is 0 Å². The van der Waals surface area contributed by atoms with Crippen molar-refractivity contribution in [3.05, 3.63) is 53.2 Å². The van der Waals surface area contributed by atoms with Crippen molar-refractivity contribution in [1.82, 2.24) is 30.0 Å². The number of hydrogen-bond donors (Lipinski definition) is 1. The highest BCUT2D eigenvalue weighted by molar-refractivity contribution is 5.93. The van der Waals surface area contributed by atoms with Crippen LogP contribution in [-0.2, 0) is 11.2 Å². The van der Waals surface area contributed by atoms with Gasteiger partial charge in [-0.3, -0.25) is 9.89 Å². The molecule has 11 nitrogen and oxygen atoms in total. The number of aromatic nitrogens is 4. The smallest absolute Gasteiger partial charge is 0.321 e. The number of carbonyl (C=O) groups is 1. The number of likely N-dealkylation sites (N-methyl/N-ethyl adjacent to an activating group) is 1. The van der Waals surface area contributed by atoms with Gasteiger partial charge in [-0.25, -0.2) is 0 Å². The molecule has 0 bridgehead atoms. The Labute approximate surface area is 245 Å². The van der Waals surface area contributed by atoms with Crippen molar-refractivity contribution in [2.24, 2.45) is 0 Å². The zero-order valence-electron chi connectivity index (χ0n) is 24.4. The third-order valence-electron chi connectivity index (χ3n) is 8.66. The molecule has 3 aliphatic rings. The number of anilines is 1. The number of nitrogens with one attached hydrogen (secondary N) is 1. The minimum atomic E-state index is -0.283. The maximum absolute atomic E-state index is 12.5. The molecule has 11 heteroatoms. The van der Waals surface area contributed by atoms with Crippen LogP contribution in [0.4, 0.5) is 5.82 Å². The van der Waals surface area contributed by atoms with Crippen molar-refractivity contribution in [3.8, 4) is 18.0 Å². The van der Waals surface area contributed by atoms with E-state index in [0.29, 0.717) is 44.6 Å². The number of allylic oxidation sites excluding steroid dienone is 1. The fourth-order valence-corrected chi connectivity index (χ4v) is 6.32. The highest BCUT2D eigenvalue weighted by atomic mass is 16.5. The van der Waals surface area contributed by atoms with E-state index in [1.54, 1.807) is 4.90 Å². The van der Waals surface area contributed by atoms with Gasteiger partial charge in [0, 0.05) is 43.0 Å². The Balaban J connectivity index is 1.38. The SMILES string of the molecule is C=CC(=O)N1CCN(c2nc(OC[C@@H]3CCCN3C)nc3c2CC(C)=C(c2c(C)ccc4[nH]ncc24)O3)C[C@@H]1CC#N. The van der Waals surface area contributed by atoms with Crippen LogP contribution in [0.3, 0.4) is 0 Å². The minimum Gasteiger partial charge on any atom is -0.462 e. The van der Waals surface area contributed by atoms with Gasteiger partial charge in [0.05, 0.1) is 35.8 Å². The number of ether oxygens (including phenoxy) is 2. The molecule has 1 N–H and O–H groups in total. The number of carbonyl (C=O) groups excluding carboxylic acids is 1. The Morgan fingerprint density at radius 2 is 2.12 bits per heavy atom. The molecule has 218 valence electrons. The van der Waals surface area contributed by atoms with Crippen LogP contribution >= 0.6 is 0 Å². The van der Waals surface area contributed by atoms with E-state index in [1.165, 1.54) is 6.08 Å². The lowest BCUT2D eigenvalue weighted by atomic mass is 9.95. The number of aromatic amines is 1. The number of H-pyrrole nitrogens is 1. The molecule has 6 rings (SSSR count). The maximum Gasteiger partial charge on any atom is 0.321 e. The number of benzene rings is 1. The summed E-state index contributed by atoms with van der Waals surface area (Å²) in [7, 11) is 2.11. The van der Waals surface area contributed by atoms with Crippen molar-refractivity contribution < 1.29 is 14.3 Å². The van der Waals surface area contributed by atoms with E-state index in [4.69, 9.17) is 19.4 Å². The molecule has 0 spiro atoms. The number of fused-ring (bicyclic) bond motifs is 2. The van der Waals surface area contributed by atoms with Crippen LogP contribution in [0.25, 0.3) is 16.7 Å². The van der Waals surface area contributed by atoms with Crippen molar-refractivity contribution >= 4 is 28.4 Å². The van der Waals surface area contributed by atoms with Crippen LogP contribution in [0.1, 0.15) is 42.9 Å². The number of amides is 1. The third-order valence-corrected chi connectivity index (χ3v) is 8.66. The van der Waals surface area contributed by atoms with E-state index in [9.17, 15) is 10.1 Å². The summed E-state index contributed by atoms with van der Waals surface area (Å²) < 4.78 is 12.9. The van der Waals surface area contributed by atoms with E-state index >= 15 is 0 Å². The van der Waals surface area contributed by atoms with Crippen LogP contribution in [0.2, 0.25) is 0 Å². The Morgan fingerprint density at radius 3 is 2.88 bits per heavy atom. The molecule has 0 unspecified atom stereocenters. The Morgan fingerprint density at radius 1 is 1.26 bits per heavy atom. The molecule has 0 aliphatic carbocycles. The van der Waals surface area contributed by atoms with Gasteiger partial charge in [-0.2, -0.15) is 20.3 Å². The Bertz CT molecular complexity index is 1610. The van der Waals surface area contributed by atoms with Gasteiger partial charge in [0.1, 0.15) is 18.2 Å². The fourth-order valence-electron chi connectivity index (χ4n) is 6.32. The molecule has 42 heavy (non-hydrogen) atoms. The standard InChI is InChI=1S/C31H36N8O3/c1-5-26(40)39-14-13-38(17-21(39)10-11-32)29-23-15-20(3)28(27-19(2)8-9-25-24(27)16-33-36-25)42-30(23)35-31(34-29)41-18-22-7-6-12-37(22)4/h5,8-9,16,21-22H,1,6-7,10,12-15,17-18H2,2-4H3,(H,33,36)/t21-,22-/m0/s1. The molecule has 3 aliphatic heterocycles. The van der Waals surface area contributed by atoms with Gasteiger partial charge in [0.15, 0.2) is 0 Å². The summed E-state index contributed by atoms with van der Waals surface area (Å²) in [4.78, 5) is 28.4. The average molecular weight is 569 g/mol. The maximum atomic E-state index is 12.5. The summed E-state index contributed by atoms with van der Waals surface area (Å²) in [6, 6.07) is 6.61. The molecule has 3 aromatic rings. The first-order valence-electron chi connectivity index (χ1n) is 14.5. The van der Waals surface area contributed by atoms with Gasteiger partial charge >= 0.3 is 6.01 Å². The predicted octanol–water partition coefficient (Wildman–Crippen LogP) is 3.62. The molecule has 5 heterocycles. The Kier molecular flexibility index (Phi) is 7.56. The van der Waals surface area contributed by atoms with E-state index < -0.39 is 0 Å². The van der Waals surface area contributed by atoms with Crippen LogP contribution in [0.5, 0.6) is 11.9 Å². The minimum absolute atomic E-state index is 0.167. The van der Waals surface area contributed by atoms with Gasteiger partial charge in [-0.1, -0.05) is 12.6 Å². The second kappa shape index (κ2) is 11.4. The second-order valence-corrected chi connectivity index (χ2v) is 11.4. The first-order chi connectivity index (χ1) is 20.4. The lowest BCUT2D eigenvalue weighted by Crippen LogP contribution is -2.55. The van der Waals surface area contributed by atoms with Crippen molar-refractivity contribution in [1.29, 1.82) is 5.26 Å². The van der Waals surface area contributed by atoms with Gasteiger partial charge in [0.2, 0.25) is 11.8 Å². The number of hydrogen-bond acceptors (Lipinski definition) is 9. The number of aryl methyl sites for hydroxylation is 1. The largest absolute Gasteiger partial charge is 0.462 e. The number of nitriles is 1. The van der Waals surface area contributed by atoms with Crippen molar-refractivity contribution in [2.45, 2.75) is 51.6 Å². The Hall–Kier alpha value is -4.43. The summed E-state index contributed by atoms with van der Waals surface area (Å²) >= 11 is 0. The van der Waals surface area contributed by atoms with Crippen LogP contribution in [0.15, 0.2) is 36.6 Å². The highest BCUT2D eigenvalue weighted by Crippen LogP contribution is 2.41. The lowest BCUT2D eigenvalue weighted by Gasteiger charge is -2.41. The highest BCUT2D eigenvalue weighted by Gasteiger charge is 2.34. The fraction of sp³-hybridized carbons (Fsp3) is 0.452. The number of rotatable bonds is 7. The molecule has 0 radical (unpaired) electrons. The topological polar surface area (TPSA) is 124 Å². The van der Waals surface area contributed by atoms with Crippen LogP contribution in [0, 0.1) is 18.3 Å². The van der Waals surface area contributed by atoms with E-state index in [-0.39, 0.29) is 24.4 Å². The summed E-state index contributed by atoms with van der Waals surface area (Å²) in [5, 5.41) is 17.8. The second-order valence-electron chi connectivity index (χ2n) is 11.4. The van der Waals surface area contributed by atoms with Gasteiger partial charge in [0.25, 0.3) is 0 Å². The summed E-state index contributed by atoms with van der Waals surface area (Å²) in [5.41, 5.74) is 4.94. The number of nitrogens with zero attached hydrogens (tertiary/aromatic N) is 7. The molecule has 0 saturated carbocycles. The molecule has 1 amide bonds. The molecule has 1 aromatic carbocycles. The van der Waals surface area contributed by atoms with E-state index in [2.05, 4.69) is 59.6 Å². The summed E-state index contributed by atoms with van der Waals surface area (Å²) in [6.07, 6.45) is 6.16. The predicted molar refractivity (Wildman–Crippen MR) is 159 cm³/mol. The first-order valence-corrected chi connectivity index (χ1v) is 14.5. The zero-order valence-corrected chi connectivity index (χ0v) is 24.4. The third kappa shape index (κ3) is 5.07. The van der Waals surface area contributed by atoms with Crippen LogP contribution < -0.4 is 14.4 Å². The molecular formula is C31H36N8O3. The molecule has 2 fully saturated rings. The summed E-state index contributed by atoms with van der Waals surface area (Å²) in [6.45, 7) is 10.8. The lowest BCUT2D eigenvalue weighted by molar-refractivity contribution is -0.128. The van der Waals surface area contributed by atoms with Crippen molar-refractivity contribution in [2.75, 3.05) is 44.7 Å². The van der Waals surface area contributed by atoms with Gasteiger partial charge in [-0.05, 0) is 63.6 Å². The molecular weight excluding hydrogens is 532 g/mol. The van der Waals surface area contributed by atoms with Crippen molar-refractivity contribution in [3.63, 3.8) is 0 Å². The number of likely N-dealkylation sites (tertiary alicyclic amines) is 1. The quantitative estimate of drug-likeness (QED) is 0.426. The van der Waals surface area contributed by atoms with E-state index in [1.807, 2.05) is 12.3 Å². The molecule has 2 saturated heterocycles. The monoisotopic (exact) mass is 568 g/mol. The average Bonchev–Trinajstić information content (AvgIpc) is 3.64. The molecule has 2 aromatic heterocycles.